The van der Waals surface area contributed by atoms with Crippen molar-refractivity contribution < 1.29 is 14.7 Å². The number of hydrogen-bond acceptors (Lipinski definition) is 5. The van der Waals surface area contributed by atoms with Crippen LogP contribution in [0.1, 0.15) is 49.6 Å². The summed E-state index contributed by atoms with van der Waals surface area (Å²) in [6, 6.07) is 14.2. The van der Waals surface area contributed by atoms with Crippen molar-refractivity contribution in [1.82, 2.24) is 19.9 Å². The van der Waals surface area contributed by atoms with E-state index in [4.69, 9.17) is 14.9 Å². The van der Waals surface area contributed by atoms with Crippen molar-refractivity contribution in [2.45, 2.75) is 52.5 Å². The molecule has 0 bridgehead atoms. The van der Waals surface area contributed by atoms with Crippen molar-refractivity contribution in [3.8, 4) is 0 Å². The molecular weight excluding hydrogens is 466 g/mol. The van der Waals surface area contributed by atoms with Crippen molar-refractivity contribution in [2.24, 2.45) is 5.92 Å². The Morgan fingerprint density at radius 2 is 1.84 bits per heavy atom. The molecule has 0 aliphatic heterocycles. The Balaban J connectivity index is 0.000000747. The summed E-state index contributed by atoms with van der Waals surface area (Å²) in [5.41, 5.74) is 7.33. The molecule has 2 heterocycles. The van der Waals surface area contributed by atoms with Crippen LogP contribution < -0.4 is 5.32 Å². The van der Waals surface area contributed by atoms with E-state index in [2.05, 4.69) is 46.3 Å². The zero-order valence-corrected chi connectivity index (χ0v) is 21.8. The van der Waals surface area contributed by atoms with E-state index in [0.29, 0.717) is 0 Å². The number of aromatic nitrogens is 3. The smallest absolute Gasteiger partial charge is 0.300 e. The van der Waals surface area contributed by atoms with Crippen molar-refractivity contribution in [1.29, 1.82) is 0 Å². The minimum atomic E-state index is -0.833. The summed E-state index contributed by atoms with van der Waals surface area (Å²) in [5, 5.41) is 11.8. The van der Waals surface area contributed by atoms with E-state index >= 15 is 0 Å². The van der Waals surface area contributed by atoms with Crippen LogP contribution in [0.25, 0.3) is 21.9 Å². The topological polar surface area (TPSA) is 111 Å². The largest absolute Gasteiger partial charge is 0.481 e. The van der Waals surface area contributed by atoms with Crippen LogP contribution in [0.3, 0.4) is 0 Å². The van der Waals surface area contributed by atoms with Gasteiger partial charge >= 0.3 is 0 Å². The van der Waals surface area contributed by atoms with Gasteiger partial charge in [0.05, 0.1) is 22.9 Å². The second-order valence-electron chi connectivity index (χ2n) is 9.82. The highest BCUT2D eigenvalue weighted by Crippen LogP contribution is 2.29. The fourth-order valence-corrected chi connectivity index (χ4v) is 4.94. The lowest BCUT2D eigenvalue weighted by molar-refractivity contribution is -0.134. The first-order chi connectivity index (χ1) is 17.8. The average molecular weight is 502 g/mol. The number of carbonyl (C=O) groups excluding carboxylic acids is 1. The zero-order valence-electron chi connectivity index (χ0n) is 21.8. The highest BCUT2D eigenvalue weighted by atomic mass is 16.4. The van der Waals surface area contributed by atoms with Gasteiger partial charge in [0.15, 0.2) is 0 Å². The van der Waals surface area contributed by atoms with E-state index < -0.39 is 5.97 Å². The predicted octanol–water partition coefficient (Wildman–Crippen LogP) is 5.31. The van der Waals surface area contributed by atoms with E-state index in [1.165, 1.54) is 16.6 Å². The third kappa shape index (κ3) is 6.92. The molecule has 37 heavy (non-hydrogen) atoms. The number of aliphatic carboxylic acids is 1. The van der Waals surface area contributed by atoms with Gasteiger partial charge in [-0.2, -0.15) is 0 Å². The highest BCUT2D eigenvalue weighted by molar-refractivity contribution is 5.96. The van der Waals surface area contributed by atoms with Crippen LogP contribution in [0.4, 0.5) is 5.69 Å². The van der Waals surface area contributed by atoms with Gasteiger partial charge in [0.25, 0.3) is 5.97 Å². The Labute approximate surface area is 217 Å². The highest BCUT2D eigenvalue weighted by Gasteiger charge is 2.22. The van der Waals surface area contributed by atoms with Crippen LogP contribution in [-0.2, 0) is 22.6 Å². The van der Waals surface area contributed by atoms with Gasteiger partial charge in [-0.3, -0.25) is 14.6 Å². The number of carboxylic acid groups (broad SMARTS) is 1. The van der Waals surface area contributed by atoms with Gasteiger partial charge in [-0.15, -0.1) is 0 Å². The number of benzene rings is 2. The maximum atomic E-state index is 12.6. The van der Waals surface area contributed by atoms with E-state index in [1.807, 2.05) is 36.5 Å². The number of hydrogen-bond donors (Lipinski definition) is 3. The second kappa shape index (κ2) is 12.0. The Bertz CT molecular complexity index is 1390. The van der Waals surface area contributed by atoms with Gasteiger partial charge in [0.1, 0.15) is 0 Å². The second-order valence-corrected chi connectivity index (χ2v) is 9.82. The standard InChI is InChI=1S/C27H31N5O.C2H4O2/c1-18-22(13-14-32(2)17-21-16-28-25-9-5-6-10-26(25)30-21)23-15-20(11-12-24(23)29-18)31-27(33)19-7-3-4-8-19;1-2(3)4/h5-6,9-12,15-16,19,29H,3-4,7-8,13-14,17H2,1-2H3,(H,31,33);1H3,(H,3,4). The van der Waals surface area contributed by atoms with Crippen LogP contribution in [0.15, 0.2) is 48.7 Å². The molecule has 0 radical (unpaired) electrons. The third-order valence-corrected chi connectivity index (χ3v) is 6.79. The SMILES string of the molecule is CC(=O)O.Cc1[nH]c2ccc(NC(=O)C3CCCC3)cc2c1CCN(C)Cc1cnc2ccccc2n1. The summed E-state index contributed by atoms with van der Waals surface area (Å²) >= 11 is 0. The third-order valence-electron chi connectivity index (χ3n) is 6.79. The van der Waals surface area contributed by atoms with Gasteiger partial charge in [0, 0.05) is 48.2 Å². The summed E-state index contributed by atoms with van der Waals surface area (Å²) in [6.45, 7) is 4.86. The number of nitrogens with one attached hydrogen (secondary N) is 2. The van der Waals surface area contributed by atoms with Crippen molar-refractivity contribution in [3.63, 3.8) is 0 Å². The number of carboxylic acids is 1. The number of nitrogens with zero attached hydrogens (tertiary/aromatic N) is 3. The number of likely N-dealkylation sites (N-methyl/N-ethyl adjacent to an activating group) is 1. The first-order valence-electron chi connectivity index (χ1n) is 12.8. The molecule has 1 fully saturated rings. The molecular formula is C29H35N5O3. The van der Waals surface area contributed by atoms with Gasteiger partial charge in [0.2, 0.25) is 5.91 Å². The first kappa shape index (κ1) is 26.3. The Morgan fingerprint density at radius 3 is 2.57 bits per heavy atom. The van der Waals surface area contributed by atoms with Gasteiger partial charge < -0.3 is 20.3 Å². The summed E-state index contributed by atoms with van der Waals surface area (Å²) in [4.78, 5) is 36.6. The Morgan fingerprint density at radius 1 is 1.14 bits per heavy atom. The molecule has 0 saturated heterocycles. The molecule has 5 rings (SSSR count). The van der Waals surface area contributed by atoms with Crippen LogP contribution in [0.2, 0.25) is 0 Å². The van der Waals surface area contributed by atoms with E-state index in [0.717, 1.165) is 80.0 Å². The van der Waals surface area contributed by atoms with Gasteiger partial charge in [-0.1, -0.05) is 25.0 Å². The molecule has 1 saturated carbocycles. The van der Waals surface area contributed by atoms with Crippen LogP contribution in [0.5, 0.6) is 0 Å². The number of H-pyrrole nitrogens is 1. The molecule has 4 aromatic rings. The maximum absolute atomic E-state index is 12.6. The zero-order chi connectivity index (χ0) is 26.4. The molecule has 8 heteroatoms. The predicted molar refractivity (Wildman–Crippen MR) is 147 cm³/mol. The number of fused-ring (bicyclic) bond motifs is 2. The molecule has 1 aliphatic carbocycles. The van der Waals surface area contributed by atoms with E-state index in [-0.39, 0.29) is 11.8 Å². The molecule has 1 aliphatic rings. The van der Waals surface area contributed by atoms with E-state index in [9.17, 15) is 4.79 Å². The lowest BCUT2D eigenvalue weighted by Gasteiger charge is -2.16. The summed E-state index contributed by atoms with van der Waals surface area (Å²) in [5.74, 6) is -0.503. The maximum Gasteiger partial charge on any atom is 0.300 e. The fraction of sp³-hybridized carbons (Fsp3) is 0.379. The van der Waals surface area contributed by atoms with E-state index in [1.54, 1.807) is 0 Å². The fourth-order valence-electron chi connectivity index (χ4n) is 4.94. The number of amides is 1. The lowest BCUT2D eigenvalue weighted by atomic mass is 10.1. The molecule has 8 nitrogen and oxygen atoms in total. The number of rotatable bonds is 7. The normalized spacial score (nSPS) is 13.6. The van der Waals surface area contributed by atoms with Crippen molar-refractivity contribution in [3.05, 3.63) is 65.6 Å². The average Bonchev–Trinajstić information content (AvgIpc) is 3.50. The summed E-state index contributed by atoms with van der Waals surface area (Å²) < 4.78 is 0. The van der Waals surface area contributed by atoms with Crippen LogP contribution >= 0.6 is 0 Å². The molecule has 0 unspecified atom stereocenters. The number of anilines is 1. The molecule has 0 spiro atoms. The number of carbonyl (C=O) groups is 2. The summed E-state index contributed by atoms with van der Waals surface area (Å²) in [7, 11) is 2.12. The van der Waals surface area contributed by atoms with Crippen LogP contribution in [0, 0.1) is 12.8 Å². The molecule has 2 aromatic heterocycles. The monoisotopic (exact) mass is 501 g/mol. The first-order valence-corrected chi connectivity index (χ1v) is 12.8. The van der Waals surface area contributed by atoms with Crippen LogP contribution in [-0.4, -0.2) is 50.4 Å². The van der Waals surface area contributed by atoms with Gasteiger partial charge in [-0.25, -0.2) is 4.98 Å². The quantitative estimate of drug-likeness (QED) is 0.316. The molecule has 0 atom stereocenters. The van der Waals surface area contributed by atoms with Gasteiger partial charge in [-0.05, 0) is 69.1 Å². The van der Waals surface area contributed by atoms with Crippen molar-refractivity contribution >= 4 is 39.5 Å². The minimum absolute atomic E-state index is 0.164. The molecule has 194 valence electrons. The number of aromatic amines is 1. The molecule has 1 amide bonds. The number of aryl methyl sites for hydroxylation is 1. The molecule has 3 N–H and O–H groups in total. The summed E-state index contributed by atoms with van der Waals surface area (Å²) in [6.07, 6.45) is 7.14. The Kier molecular flexibility index (Phi) is 8.50. The number of para-hydroxylation sites is 2. The van der Waals surface area contributed by atoms with Crippen molar-refractivity contribution in [2.75, 3.05) is 18.9 Å². The molecule has 2 aromatic carbocycles. The lowest BCUT2D eigenvalue weighted by Crippen LogP contribution is -2.21. The Hall–Kier alpha value is -3.78. The minimum Gasteiger partial charge on any atom is -0.481 e.